The number of thioether (sulfide) groups is 1. The lowest BCUT2D eigenvalue weighted by Gasteiger charge is -2.19. The molecule has 1 aromatic heterocycles. The minimum Gasteiger partial charge on any atom is -0.507 e. The summed E-state index contributed by atoms with van der Waals surface area (Å²) >= 11 is 1.67. The van der Waals surface area contributed by atoms with Crippen LogP contribution in [0.1, 0.15) is 36.6 Å². The van der Waals surface area contributed by atoms with Crippen LogP contribution >= 0.6 is 11.8 Å². The molecule has 140 valence electrons. The highest BCUT2D eigenvalue weighted by Gasteiger charge is 2.23. The molecule has 0 aliphatic rings. The molecule has 0 spiro atoms. The molecule has 3 nitrogen and oxygen atoms in total. The van der Waals surface area contributed by atoms with E-state index in [1.54, 1.807) is 17.8 Å². The third-order valence-electron chi connectivity index (χ3n) is 4.33. The zero-order valence-corrected chi connectivity index (χ0v) is 16.4. The summed E-state index contributed by atoms with van der Waals surface area (Å²) in [5.41, 5.74) is 1.87. The molecule has 1 heterocycles. The van der Waals surface area contributed by atoms with Crippen LogP contribution in [0.15, 0.2) is 75.9 Å². The van der Waals surface area contributed by atoms with Gasteiger partial charge in [0, 0.05) is 22.6 Å². The summed E-state index contributed by atoms with van der Waals surface area (Å²) in [7, 11) is 0. The summed E-state index contributed by atoms with van der Waals surface area (Å²) in [5.74, 6) is 1.57. The van der Waals surface area contributed by atoms with E-state index in [4.69, 9.17) is 4.42 Å². The van der Waals surface area contributed by atoms with Crippen molar-refractivity contribution in [2.75, 3.05) is 0 Å². The molecule has 0 fully saturated rings. The summed E-state index contributed by atoms with van der Waals surface area (Å²) in [6, 6.07) is 21.1. The Kier molecular flexibility index (Phi) is 6.40. The first-order chi connectivity index (χ1) is 13.0. The van der Waals surface area contributed by atoms with Crippen molar-refractivity contribution in [2.45, 2.75) is 31.3 Å². The van der Waals surface area contributed by atoms with Crippen molar-refractivity contribution in [1.82, 2.24) is 0 Å². The van der Waals surface area contributed by atoms with Gasteiger partial charge < -0.3 is 9.52 Å². The number of aromatic hydroxyl groups is 1. The predicted molar refractivity (Wildman–Crippen MR) is 112 cm³/mol. The molecule has 1 atom stereocenters. The second-order valence-corrected chi connectivity index (χ2v) is 8.17. The molecule has 1 unspecified atom stereocenters. The van der Waals surface area contributed by atoms with Crippen molar-refractivity contribution in [3.63, 3.8) is 0 Å². The fourth-order valence-corrected chi connectivity index (χ4v) is 4.49. The standard InChI is InChI=1S/C23H24O3S/c1-16(2)13-21(27-15-17-9-5-3-6-10-17)22-19(24)14-20(26-23(22)25)18-11-7-4-8-12-18/h3-12,14,16,21,24H,13,15H2,1-2H3. The van der Waals surface area contributed by atoms with Crippen molar-refractivity contribution < 1.29 is 9.52 Å². The van der Waals surface area contributed by atoms with Gasteiger partial charge in [0.1, 0.15) is 11.5 Å². The zero-order valence-electron chi connectivity index (χ0n) is 15.6. The van der Waals surface area contributed by atoms with E-state index in [2.05, 4.69) is 26.0 Å². The lowest BCUT2D eigenvalue weighted by molar-refractivity contribution is 0.433. The van der Waals surface area contributed by atoms with E-state index in [9.17, 15) is 9.90 Å². The van der Waals surface area contributed by atoms with Crippen LogP contribution in [0.5, 0.6) is 5.75 Å². The Labute approximate surface area is 164 Å². The first-order valence-electron chi connectivity index (χ1n) is 9.12. The smallest absolute Gasteiger partial charge is 0.344 e. The molecule has 3 aromatic rings. The average molecular weight is 381 g/mol. The largest absolute Gasteiger partial charge is 0.507 e. The molecule has 0 saturated carbocycles. The fourth-order valence-electron chi connectivity index (χ4n) is 3.00. The topological polar surface area (TPSA) is 50.4 Å². The van der Waals surface area contributed by atoms with Gasteiger partial charge in [0.15, 0.2) is 0 Å². The van der Waals surface area contributed by atoms with Gasteiger partial charge in [-0.25, -0.2) is 4.79 Å². The Morgan fingerprint density at radius 3 is 2.22 bits per heavy atom. The van der Waals surface area contributed by atoms with Crippen LogP contribution in [0, 0.1) is 5.92 Å². The van der Waals surface area contributed by atoms with Crippen LogP contribution in [0.4, 0.5) is 0 Å². The second kappa shape index (κ2) is 8.96. The van der Waals surface area contributed by atoms with Gasteiger partial charge in [0.05, 0.1) is 5.56 Å². The molecule has 0 aliphatic heterocycles. The average Bonchev–Trinajstić information content (AvgIpc) is 2.66. The van der Waals surface area contributed by atoms with Gasteiger partial charge in [-0.1, -0.05) is 74.5 Å². The molecule has 1 N–H and O–H groups in total. The highest BCUT2D eigenvalue weighted by molar-refractivity contribution is 7.98. The molecule has 0 bridgehead atoms. The molecule has 3 rings (SSSR count). The lowest BCUT2D eigenvalue weighted by atomic mass is 10.0. The first kappa shape index (κ1) is 19.3. The highest BCUT2D eigenvalue weighted by Crippen LogP contribution is 2.40. The maximum atomic E-state index is 12.7. The molecule has 2 aromatic carbocycles. The summed E-state index contributed by atoms with van der Waals surface area (Å²) < 4.78 is 5.56. The monoisotopic (exact) mass is 380 g/mol. The van der Waals surface area contributed by atoms with Gasteiger partial charge in [0.25, 0.3) is 0 Å². The van der Waals surface area contributed by atoms with Gasteiger partial charge in [-0.15, -0.1) is 11.8 Å². The quantitative estimate of drug-likeness (QED) is 0.543. The van der Waals surface area contributed by atoms with Gasteiger partial charge in [-0.2, -0.15) is 0 Å². The lowest BCUT2D eigenvalue weighted by Crippen LogP contribution is -2.13. The maximum absolute atomic E-state index is 12.7. The van der Waals surface area contributed by atoms with Crippen molar-refractivity contribution >= 4 is 11.8 Å². The van der Waals surface area contributed by atoms with Crippen LogP contribution < -0.4 is 5.63 Å². The van der Waals surface area contributed by atoms with E-state index in [0.717, 1.165) is 17.7 Å². The Morgan fingerprint density at radius 2 is 1.63 bits per heavy atom. The molecule has 27 heavy (non-hydrogen) atoms. The molecule has 0 radical (unpaired) electrons. The molecule has 0 saturated heterocycles. The second-order valence-electron chi connectivity index (χ2n) is 6.98. The SMILES string of the molecule is CC(C)CC(SCc1ccccc1)c1c(O)cc(-c2ccccc2)oc1=O. The van der Waals surface area contributed by atoms with Crippen molar-refractivity contribution in [1.29, 1.82) is 0 Å². The fraction of sp³-hybridized carbons (Fsp3) is 0.261. The third kappa shape index (κ3) is 5.04. The molecule has 4 heteroatoms. The van der Waals surface area contributed by atoms with Gasteiger partial charge in [-0.3, -0.25) is 0 Å². The first-order valence-corrected chi connectivity index (χ1v) is 10.2. The van der Waals surface area contributed by atoms with E-state index in [0.29, 0.717) is 17.2 Å². The normalized spacial score (nSPS) is 12.3. The van der Waals surface area contributed by atoms with Gasteiger partial charge in [0.2, 0.25) is 0 Å². The number of hydrogen-bond donors (Lipinski definition) is 1. The van der Waals surface area contributed by atoms with Crippen LogP contribution in [0.2, 0.25) is 0 Å². The van der Waals surface area contributed by atoms with Crippen LogP contribution in [-0.2, 0) is 5.75 Å². The highest BCUT2D eigenvalue weighted by atomic mass is 32.2. The molecule has 0 amide bonds. The van der Waals surface area contributed by atoms with Gasteiger partial charge in [-0.05, 0) is 17.9 Å². The maximum Gasteiger partial charge on any atom is 0.344 e. The molecular formula is C23H24O3S. The van der Waals surface area contributed by atoms with Gasteiger partial charge >= 0.3 is 5.63 Å². The Bertz CT molecular complexity index is 917. The third-order valence-corrected chi connectivity index (χ3v) is 5.66. The summed E-state index contributed by atoms with van der Waals surface area (Å²) in [6.45, 7) is 4.24. The zero-order chi connectivity index (χ0) is 19.2. The van der Waals surface area contributed by atoms with Crippen LogP contribution in [0.25, 0.3) is 11.3 Å². The minimum absolute atomic E-state index is 0.0105. The van der Waals surface area contributed by atoms with Crippen LogP contribution in [0.3, 0.4) is 0 Å². The summed E-state index contributed by atoms with van der Waals surface area (Å²) in [6.07, 6.45) is 0.792. The van der Waals surface area contributed by atoms with E-state index in [1.165, 1.54) is 5.56 Å². The number of hydrogen-bond acceptors (Lipinski definition) is 4. The summed E-state index contributed by atoms with van der Waals surface area (Å²) in [4.78, 5) is 12.7. The predicted octanol–water partition coefficient (Wildman–Crippen LogP) is 6.03. The minimum atomic E-state index is -0.458. The number of rotatable bonds is 7. The van der Waals surface area contributed by atoms with E-state index in [-0.39, 0.29) is 11.0 Å². The number of benzene rings is 2. The molecule has 0 aliphatic carbocycles. The van der Waals surface area contributed by atoms with E-state index in [1.807, 2.05) is 48.5 Å². The Balaban J connectivity index is 1.90. The van der Waals surface area contributed by atoms with E-state index < -0.39 is 5.63 Å². The van der Waals surface area contributed by atoms with Crippen molar-refractivity contribution in [2.24, 2.45) is 5.92 Å². The van der Waals surface area contributed by atoms with Crippen molar-refractivity contribution in [3.05, 3.63) is 88.3 Å². The van der Waals surface area contributed by atoms with E-state index >= 15 is 0 Å². The van der Waals surface area contributed by atoms with Crippen LogP contribution in [-0.4, -0.2) is 5.11 Å². The molecular weight excluding hydrogens is 356 g/mol. The summed E-state index contributed by atoms with van der Waals surface area (Å²) in [5, 5.41) is 10.5. The van der Waals surface area contributed by atoms with Crippen molar-refractivity contribution in [3.8, 4) is 17.1 Å². The Hall–Kier alpha value is -2.46. The Morgan fingerprint density at radius 1 is 1.00 bits per heavy atom.